The van der Waals surface area contributed by atoms with Crippen molar-refractivity contribution in [1.82, 2.24) is 0 Å². The minimum atomic E-state index is -1.20. The Labute approximate surface area is 156 Å². The number of amides is 2. The summed E-state index contributed by atoms with van der Waals surface area (Å²) in [5, 5.41) is 5.76. The summed E-state index contributed by atoms with van der Waals surface area (Å²) in [5.41, 5.74) is 2.49. The molecule has 0 saturated carbocycles. The van der Waals surface area contributed by atoms with Gasteiger partial charge in [-0.1, -0.05) is 51.1 Å². The van der Waals surface area contributed by atoms with Crippen molar-refractivity contribution in [2.24, 2.45) is 5.41 Å². The van der Waals surface area contributed by atoms with Crippen molar-refractivity contribution < 1.29 is 9.59 Å². The minimum Gasteiger partial charge on any atom is -0.325 e. The summed E-state index contributed by atoms with van der Waals surface area (Å²) >= 11 is 0. The molecule has 0 saturated heterocycles. The van der Waals surface area contributed by atoms with Gasteiger partial charge in [-0.25, -0.2) is 0 Å². The number of carbonyl (C=O) groups is 2. The van der Waals surface area contributed by atoms with Crippen LogP contribution in [0.2, 0.25) is 0 Å². The van der Waals surface area contributed by atoms with Crippen LogP contribution in [0, 0.1) is 5.41 Å². The molecule has 0 aliphatic rings. The van der Waals surface area contributed by atoms with E-state index in [1.165, 1.54) is 5.56 Å². The Kier molecular flexibility index (Phi) is 6.19. The molecule has 4 heteroatoms. The molecule has 0 fully saturated rings. The lowest BCUT2D eigenvalue weighted by Crippen LogP contribution is -2.41. The highest BCUT2D eigenvalue weighted by Gasteiger charge is 2.36. The Morgan fingerprint density at radius 2 is 1.50 bits per heavy atom. The van der Waals surface area contributed by atoms with E-state index in [2.05, 4.69) is 31.4 Å². The Morgan fingerprint density at radius 1 is 0.923 bits per heavy atom. The molecule has 4 nitrogen and oxygen atoms in total. The van der Waals surface area contributed by atoms with Crippen LogP contribution in [0.3, 0.4) is 0 Å². The van der Waals surface area contributed by atoms with E-state index in [9.17, 15) is 9.59 Å². The van der Waals surface area contributed by atoms with Gasteiger partial charge in [0.05, 0.1) is 0 Å². The average Bonchev–Trinajstić information content (AvgIpc) is 2.62. The number of rotatable bonds is 6. The highest BCUT2D eigenvalue weighted by atomic mass is 16.2. The van der Waals surface area contributed by atoms with Crippen LogP contribution in [0.25, 0.3) is 0 Å². The Hall–Kier alpha value is -2.62. The number of para-hydroxylation sites is 1. The van der Waals surface area contributed by atoms with Crippen molar-refractivity contribution in [2.75, 3.05) is 10.6 Å². The van der Waals surface area contributed by atoms with Gasteiger partial charge in [-0.15, -0.1) is 0 Å². The number of anilines is 2. The fraction of sp³-hybridized carbons (Fsp3) is 0.364. The molecule has 2 amide bonds. The third kappa shape index (κ3) is 4.51. The zero-order valence-corrected chi connectivity index (χ0v) is 16.2. The van der Waals surface area contributed by atoms with Crippen LogP contribution in [0.5, 0.6) is 0 Å². The molecule has 2 aromatic carbocycles. The summed E-state index contributed by atoms with van der Waals surface area (Å²) in [7, 11) is 0. The number of aryl methyl sites for hydroxylation is 1. The molecular formula is C22H28N2O2. The first kappa shape index (κ1) is 19.7. The molecule has 0 aliphatic heterocycles. The molecule has 0 aliphatic carbocycles. The molecule has 0 bridgehead atoms. The number of carbonyl (C=O) groups excluding carboxylic acids is 2. The molecule has 0 heterocycles. The highest BCUT2D eigenvalue weighted by molar-refractivity contribution is 6.14. The maximum Gasteiger partial charge on any atom is 0.239 e. The topological polar surface area (TPSA) is 58.2 Å². The van der Waals surface area contributed by atoms with Crippen LogP contribution in [0.1, 0.15) is 51.7 Å². The third-order valence-electron chi connectivity index (χ3n) is 4.59. The van der Waals surface area contributed by atoms with E-state index in [0.717, 1.165) is 17.7 Å². The second-order valence-corrected chi connectivity index (χ2v) is 7.33. The van der Waals surface area contributed by atoms with Crippen molar-refractivity contribution in [3.05, 3.63) is 59.7 Å². The monoisotopic (exact) mass is 352 g/mol. The largest absolute Gasteiger partial charge is 0.325 e. The molecule has 0 unspecified atom stereocenters. The third-order valence-corrected chi connectivity index (χ3v) is 4.59. The Morgan fingerprint density at radius 3 is 2.08 bits per heavy atom. The molecule has 0 spiro atoms. The summed E-state index contributed by atoms with van der Waals surface area (Å²) < 4.78 is 0. The van der Waals surface area contributed by atoms with Crippen LogP contribution >= 0.6 is 0 Å². The van der Waals surface area contributed by atoms with E-state index in [1.807, 2.05) is 48.5 Å². The second kappa shape index (κ2) is 8.17. The van der Waals surface area contributed by atoms with Gasteiger partial charge in [-0.05, 0) is 55.5 Å². The predicted octanol–water partition coefficient (Wildman–Crippen LogP) is 4.98. The van der Waals surface area contributed by atoms with Crippen LogP contribution < -0.4 is 10.6 Å². The van der Waals surface area contributed by atoms with E-state index in [4.69, 9.17) is 0 Å². The van der Waals surface area contributed by atoms with Crippen molar-refractivity contribution in [3.63, 3.8) is 0 Å². The molecule has 26 heavy (non-hydrogen) atoms. The van der Waals surface area contributed by atoms with Crippen molar-refractivity contribution >= 4 is 23.2 Å². The van der Waals surface area contributed by atoms with Crippen LogP contribution in [0.4, 0.5) is 11.4 Å². The summed E-state index contributed by atoms with van der Waals surface area (Å²) in [5.74, 6) is -0.380. The number of hydrogen-bond donors (Lipinski definition) is 2. The summed E-state index contributed by atoms with van der Waals surface area (Å²) in [6, 6.07) is 15.3. The lowest BCUT2D eigenvalue weighted by atomic mass is 9.90. The maximum absolute atomic E-state index is 12.8. The number of benzene rings is 2. The molecule has 2 aromatic rings. The Bertz CT molecular complexity index is 777. The number of nitrogens with one attached hydrogen (secondary N) is 2. The summed E-state index contributed by atoms with van der Waals surface area (Å²) in [6.07, 6.45) is 0.942. The van der Waals surface area contributed by atoms with E-state index in [0.29, 0.717) is 5.69 Å². The molecule has 0 atom stereocenters. The second-order valence-electron chi connectivity index (χ2n) is 7.33. The van der Waals surface area contributed by atoms with Gasteiger partial charge in [-0.3, -0.25) is 9.59 Å². The van der Waals surface area contributed by atoms with Gasteiger partial charge in [0.1, 0.15) is 5.41 Å². The fourth-order valence-electron chi connectivity index (χ4n) is 2.61. The van der Waals surface area contributed by atoms with Crippen molar-refractivity contribution in [2.45, 2.75) is 47.0 Å². The van der Waals surface area contributed by atoms with Gasteiger partial charge in [0.25, 0.3) is 0 Å². The summed E-state index contributed by atoms with van der Waals surface area (Å²) in [4.78, 5) is 25.4. The lowest BCUT2D eigenvalue weighted by Gasteiger charge is -2.24. The van der Waals surface area contributed by atoms with Gasteiger partial charge in [0.15, 0.2) is 0 Å². The maximum atomic E-state index is 12.8. The van der Waals surface area contributed by atoms with Crippen molar-refractivity contribution in [1.29, 1.82) is 0 Å². The molecule has 0 aromatic heterocycles. The van der Waals surface area contributed by atoms with E-state index in [-0.39, 0.29) is 17.7 Å². The van der Waals surface area contributed by atoms with Crippen molar-refractivity contribution in [3.8, 4) is 0 Å². The lowest BCUT2D eigenvalue weighted by molar-refractivity contribution is -0.135. The quantitative estimate of drug-likeness (QED) is 0.721. The van der Waals surface area contributed by atoms with Gasteiger partial charge in [-0.2, -0.15) is 0 Å². The van der Waals surface area contributed by atoms with Crippen LogP contribution in [-0.2, 0) is 16.0 Å². The van der Waals surface area contributed by atoms with E-state index in [1.54, 1.807) is 13.8 Å². The predicted molar refractivity (Wildman–Crippen MR) is 107 cm³/mol. The van der Waals surface area contributed by atoms with Gasteiger partial charge < -0.3 is 10.6 Å². The first-order valence-electron chi connectivity index (χ1n) is 9.06. The normalized spacial score (nSPS) is 11.3. The first-order valence-corrected chi connectivity index (χ1v) is 9.06. The van der Waals surface area contributed by atoms with Gasteiger partial charge in [0, 0.05) is 11.4 Å². The standard InChI is InChI=1S/C22H28N2O2/c1-6-16-11-13-17(14-12-16)23-20(25)22(4,5)21(26)24-19-10-8-7-9-18(19)15(2)3/h7-15H,6H2,1-5H3,(H,23,25)(H,24,26). The molecule has 2 N–H and O–H groups in total. The minimum absolute atomic E-state index is 0.278. The molecular weight excluding hydrogens is 324 g/mol. The van der Waals surface area contributed by atoms with Crippen LogP contribution in [-0.4, -0.2) is 11.8 Å². The number of hydrogen-bond acceptors (Lipinski definition) is 2. The average molecular weight is 352 g/mol. The zero-order chi connectivity index (χ0) is 19.3. The van der Waals surface area contributed by atoms with Crippen LogP contribution in [0.15, 0.2) is 48.5 Å². The van der Waals surface area contributed by atoms with E-state index >= 15 is 0 Å². The van der Waals surface area contributed by atoms with Gasteiger partial charge >= 0.3 is 0 Å². The smallest absolute Gasteiger partial charge is 0.239 e. The van der Waals surface area contributed by atoms with E-state index < -0.39 is 5.41 Å². The Balaban J connectivity index is 2.12. The molecule has 0 radical (unpaired) electrons. The molecule has 2 rings (SSSR count). The van der Waals surface area contributed by atoms with Gasteiger partial charge in [0.2, 0.25) is 11.8 Å². The summed E-state index contributed by atoms with van der Waals surface area (Å²) in [6.45, 7) is 9.49. The first-order chi connectivity index (χ1) is 12.3. The fourth-order valence-corrected chi connectivity index (χ4v) is 2.61. The zero-order valence-electron chi connectivity index (χ0n) is 16.2. The SMILES string of the molecule is CCc1ccc(NC(=O)C(C)(C)C(=O)Nc2ccccc2C(C)C)cc1. The highest BCUT2D eigenvalue weighted by Crippen LogP contribution is 2.27. The molecule has 138 valence electrons.